The van der Waals surface area contributed by atoms with E-state index in [1.807, 2.05) is 24.3 Å². The third-order valence-corrected chi connectivity index (χ3v) is 3.22. The summed E-state index contributed by atoms with van der Waals surface area (Å²) in [5.74, 6) is -0.542. The molecule has 1 amide bonds. The molecular formula is C14H12Cl2N2O. The standard InChI is InChI=1S/C14H12Cl2N2O/c15-10-3-1-9(2-4-10)8-18-11-5-6-13(16)12(7-11)14(17)19/h1-7,18H,8H2,(H2,17,19). The van der Waals surface area contributed by atoms with Gasteiger partial charge >= 0.3 is 0 Å². The van der Waals surface area contributed by atoms with Gasteiger partial charge in [-0.15, -0.1) is 0 Å². The van der Waals surface area contributed by atoms with Crippen molar-refractivity contribution < 1.29 is 4.79 Å². The van der Waals surface area contributed by atoms with E-state index in [0.29, 0.717) is 22.2 Å². The van der Waals surface area contributed by atoms with Crippen molar-refractivity contribution in [2.75, 3.05) is 5.32 Å². The summed E-state index contributed by atoms with van der Waals surface area (Å²) in [6.45, 7) is 0.622. The molecule has 0 aromatic heterocycles. The van der Waals surface area contributed by atoms with Crippen molar-refractivity contribution in [2.24, 2.45) is 5.73 Å². The van der Waals surface area contributed by atoms with Crippen LogP contribution >= 0.6 is 23.2 Å². The maximum absolute atomic E-state index is 11.2. The summed E-state index contributed by atoms with van der Waals surface area (Å²) >= 11 is 11.7. The first kappa shape index (κ1) is 13.7. The van der Waals surface area contributed by atoms with Crippen LogP contribution in [-0.2, 0) is 6.54 Å². The Morgan fingerprint density at radius 2 is 1.79 bits per heavy atom. The molecule has 0 unspecified atom stereocenters. The SMILES string of the molecule is NC(=O)c1cc(NCc2ccc(Cl)cc2)ccc1Cl. The minimum atomic E-state index is -0.542. The van der Waals surface area contributed by atoms with E-state index in [1.54, 1.807) is 18.2 Å². The highest BCUT2D eigenvalue weighted by Gasteiger charge is 2.07. The summed E-state index contributed by atoms with van der Waals surface area (Å²) in [5.41, 5.74) is 7.42. The van der Waals surface area contributed by atoms with Crippen LogP contribution < -0.4 is 11.1 Å². The van der Waals surface area contributed by atoms with Gasteiger partial charge in [0.25, 0.3) is 0 Å². The van der Waals surface area contributed by atoms with E-state index in [4.69, 9.17) is 28.9 Å². The lowest BCUT2D eigenvalue weighted by molar-refractivity contribution is 0.100. The molecule has 2 aromatic carbocycles. The number of carbonyl (C=O) groups is 1. The fourth-order valence-corrected chi connectivity index (χ4v) is 1.97. The number of benzene rings is 2. The molecule has 5 heteroatoms. The summed E-state index contributed by atoms with van der Waals surface area (Å²) in [5, 5.41) is 4.25. The van der Waals surface area contributed by atoms with Crippen molar-refractivity contribution in [3.05, 3.63) is 63.6 Å². The molecule has 19 heavy (non-hydrogen) atoms. The van der Waals surface area contributed by atoms with Crippen LogP contribution in [0.2, 0.25) is 10.0 Å². The summed E-state index contributed by atoms with van der Waals surface area (Å²) in [4.78, 5) is 11.2. The monoisotopic (exact) mass is 294 g/mol. The molecule has 0 atom stereocenters. The van der Waals surface area contributed by atoms with Gasteiger partial charge in [-0.1, -0.05) is 35.3 Å². The van der Waals surface area contributed by atoms with Crippen LogP contribution in [0.25, 0.3) is 0 Å². The minimum absolute atomic E-state index is 0.308. The quantitative estimate of drug-likeness (QED) is 0.903. The Morgan fingerprint density at radius 3 is 2.42 bits per heavy atom. The van der Waals surface area contributed by atoms with E-state index in [-0.39, 0.29) is 0 Å². The van der Waals surface area contributed by atoms with Crippen LogP contribution in [0.15, 0.2) is 42.5 Å². The molecule has 3 N–H and O–H groups in total. The maximum Gasteiger partial charge on any atom is 0.250 e. The molecule has 0 aliphatic heterocycles. The Labute approximate surface area is 121 Å². The van der Waals surface area contributed by atoms with Crippen molar-refractivity contribution in [1.29, 1.82) is 0 Å². The predicted octanol–water partition coefficient (Wildman–Crippen LogP) is 3.70. The maximum atomic E-state index is 11.2. The molecule has 0 bridgehead atoms. The molecule has 2 rings (SSSR count). The number of halogens is 2. The molecule has 0 spiro atoms. The largest absolute Gasteiger partial charge is 0.381 e. The van der Waals surface area contributed by atoms with Crippen LogP contribution in [0.3, 0.4) is 0 Å². The first-order chi connectivity index (χ1) is 9.06. The summed E-state index contributed by atoms with van der Waals surface area (Å²) in [6, 6.07) is 12.6. The number of nitrogens with one attached hydrogen (secondary N) is 1. The third kappa shape index (κ3) is 3.63. The number of carbonyl (C=O) groups excluding carboxylic acids is 1. The average Bonchev–Trinajstić information content (AvgIpc) is 2.39. The molecule has 0 aliphatic carbocycles. The van der Waals surface area contributed by atoms with Gasteiger partial charge in [-0.05, 0) is 35.9 Å². The second-order valence-corrected chi connectivity index (χ2v) is 4.88. The van der Waals surface area contributed by atoms with Crippen molar-refractivity contribution >= 4 is 34.8 Å². The predicted molar refractivity (Wildman–Crippen MR) is 78.7 cm³/mol. The Bertz CT molecular complexity index is 597. The number of hydrogen-bond donors (Lipinski definition) is 2. The third-order valence-electron chi connectivity index (χ3n) is 2.64. The zero-order chi connectivity index (χ0) is 13.8. The Hall–Kier alpha value is -1.71. The highest BCUT2D eigenvalue weighted by Crippen LogP contribution is 2.20. The highest BCUT2D eigenvalue weighted by atomic mass is 35.5. The molecule has 0 heterocycles. The second-order valence-electron chi connectivity index (χ2n) is 4.04. The molecule has 0 fully saturated rings. The summed E-state index contributed by atoms with van der Waals surface area (Å²) in [6.07, 6.45) is 0. The van der Waals surface area contributed by atoms with Gasteiger partial charge < -0.3 is 11.1 Å². The van der Waals surface area contributed by atoms with E-state index < -0.39 is 5.91 Å². The molecule has 0 aliphatic rings. The van der Waals surface area contributed by atoms with Crippen molar-refractivity contribution in [1.82, 2.24) is 0 Å². The Balaban J connectivity index is 2.09. The molecule has 0 saturated heterocycles. The summed E-state index contributed by atoms with van der Waals surface area (Å²) in [7, 11) is 0. The van der Waals surface area contributed by atoms with Crippen LogP contribution in [0.5, 0.6) is 0 Å². The fourth-order valence-electron chi connectivity index (χ4n) is 1.63. The van der Waals surface area contributed by atoms with Crippen molar-refractivity contribution in [3.8, 4) is 0 Å². The van der Waals surface area contributed by atoms with Gasteiger partial charge in [-0.2, -0.15) is 0 Å². The lowest BCUT2D eigenvalue weighted by Crippen LogP contribution is -2.12. The molecule has 0 radical (unpaired) electrons. The number of anilines is 1. The van der Waals surface area contributed by atoms with Crippen molar-refractivity contribution in [2.45, 2.75) is 6.54 Å². The lowest BCUT2D eigenvalue weighted by Gasteiger charge is -2.08. The van der Waals surface area contributed by atoms with Gasteiger partial charge in [0.15, 0.2) is 0 Å². The highest BCUT2D eigenvalue weighted by molar-refractivity contribution is 6.33. The first-order valence-corrected chi connectivity index (χ1v) is 6.39. The van der Waals surface area contributed by atoms with Gasteiger partial charge in [-0.25, -0.2) is 0 Å². The molecule has 98 valence electrons. The molecule has 2 aromatic rings. The number of amides is 1. The number of primary amides is 1. The van der Waals surface area contributed by atoms with Gasteiger partial charge in [0.2, 0.25) is 5.91 Å². The molecule has 3 nitrogen and oxygen atoms in total. The zero-order valence-electron chi connectivity index (χ0n) is 9.99. The van der Waals surface area contributed by atoms with E-state index in [0.717, 1.165) is 11.3 Å². The molecule has 0 saturated carbocycles. The van der Waals surface area contributed by atoms with Gasteiger partial charge in [0.1, 0.15) is 0 Å². The zero-order valence-corrected chi connectivity index (χ0v) is 11.5. The number of nitrogens with two attached hydrogens (primary N) is 1. The second kappa shape index (κ2) is 5.95. The molecular weight excluding hydrogens is 283 g/mol. The van der Waals surface area contributed by atoms with Crippen LogP contribution in [0.4, 0.5) is 5.69 Å². The lowest BCUT2D eigenvalue weighted by atomic mass is 10.1. The van der Waals surface area contributed by atoms with Crippen LogP contribution in [0, 0.1) is 0 Å². The van der Waals surface area contributed by atoms with E-state index in [9.17, 15) is 4.79 Å². The van der Waals surface area contributed by atoms with E-state index in [1.165, 1.54) is 0 Å². The van der Waals surface area contributed by atoms with E-state index >= 15 is 0 Å². The first-order valence-electron chi connectivity index (χ1n) is 5.64. The van der Waals surface area contributed by atoms with Crippen LogP contribution in [-0.4, -0.2) is 5.91 Å². The smallest absolute Gasteiger partial charge is 0.250 e. The van der Waals surface area contributed by atoms with Crippen molar-refractivity contribution in [3.63, 3.8) is 0 Å². The Kier molecular flexibility index (Phi) is 4.30. The van der Waals surface area contributed by atoms with Gasteiger partial charge in [-0.3, -0.25) is 4.79 Å². The van der Waals surface area contributed by atoms with Gasteiger partial charge in [0.05, 0.1) is 10.6 Å². The van der Waals surface area contributed by atoms with Crippen LogP contribution in [0.1, 0.15) is 15.9 Å². The minimum Gasteiger partial charge on any atom is -0.381 e. The van der Waals surface area contributed by atoms with E-state index in [2.05, 4.69) is 5.32 Å². The average molecular weight is 295 g/mol. The fraction of sp³-hybridized carbons (Fsp3) is 0.0714. The Morgan fingerprint density at radius 1 is 1.11 bits per heavy atom. The number of rotatable bonds is 4. The summed E-state index contributed by atoms with van der Waals surface area (Å²) < 4.78 is 0. The van der Waals surface area contributed by atoms with Gasteiger partial charge in [0, 0.05) is 17.3 Å². The topological polar surface area (TPSA) is 55.1 Å². The number of hydrogen-bond acceptors (Lipinski definition) is 2. The normalized spacial score (nSPS) is 10.2.